The molecule has 1 fully saturated rings. The summed E-state index contributed by atoms with van der Waals surface area (Å²) in [5, 5.41) is 3.63. The summed E-state index contributed by atoms with van der Waals surface area (Å²) in [5.74, 6) is 0.882. The zero-order valence-corrected chi connectivity index (χ0v) is 12.6. The molecule has 0 heterocycles. The average molecular weight is 249 g/mol. The third-order valence-electron chi connectivity index (χ3n) is 5.14. The molecule has 2 aliphatic rings. The highest BCUT2D eigenvalue weighted by Crippen LogP contribution is 2.41. The molecular weight excluding hydrogens is 218 g/mol. The fourth-order valence-electron chi connectivity index (χ4n) is 3.80. The molecule has 0 amide bonds. The Kier molecular flexibility index (Phi) is 4.89. The molecule has 0 bridgehead atoms. The first-order valence-corrected chi connectivity index (χ1v) is 7.98. The maximum atomic E-state index is 3.63. The van der Waals surface area contributed by atoms with Crippen LogP contribution in [0.3, 0.4) is 0 Å². The largest absolute Gasteiger partial charge is 0.313 e. The van der Waals surface area contributed by atoms with E-state index in [-0.39, 0.29) is 0 Å². The Morgan fingerprint density at radius 1 is 1.17 bits per heavy atom. The van der Waals surface area contributed by atoms with Crippen molar-refractivity contribution in [2.75, 3.05) is 7.05 Å². The van der Waals surface area contributed by atoms with Crippen molar-refractivity contribution in [1.29, 1.82) is 0 Å². The molecule has 1 saturated carbocycles. The number of allylic oxidation sites excluding steroid dienone is 1. The predicted molar refractivity (Wildman–Crippen MR) is 79.8 cm³/mol. The van der Waals surface area contributed by atoms with Gasteiger partial charge in [-0.1, -0.05) is 31.9 Å². The molecule has 0 aliphatic heterocycles. The molecule has 0 radical (unpaired) electrons. The maximum Gasteiger partial charge on any atom is 0.0305 e. The highest BCUT2D eigenvalue weighted by Gasteiger charge is 2.32. The molecular formula is C17H31N. The van der Waals surface area contributed by atoms with Gasteiger partial charge in [0, 0.05) is 6.04 Å². The number of hydrogen-bond acceptors (Lipinski definition) is 1. The van der Waals surface area contributed by atoms with Crippen molar-refractivity contribution in [3.05, 3.63) is 11.6 Å². The molecule has 2 aliphatic carbocycles. The predicted octanol–water partition coefficient (Wildman–Crippen LogP) is 4.68. The van der Waals surface area contributed by atoms with Crippen LogP contribution in [-0.2, 0) is 0 Å². The van der Waals surface area contributed by atoms with Gasteiger partial charge in [-0.3, -0.25) is 0 Å². The lowest BCUT2D eigenvalue weighted by Gasteiger charge is -2.39. The van der Waals surface area contributed by atoms with Gasteiger partial charge in [0.2, 0.25) is 0 Å². The lowest BCUT2D eigenvalue weighted by atomic mass is 9.70. The average Bonchev–Trinajstić information content (AvgIpc) is 2.61. The molecule has 0 saturated heterocycles. The van der Waals surface area contributed by atoms with Gasteiger partial charge in [-0.15, -0.1) is 0 Å². The van der Waals surface area contributed by atoms with Crippen molar-refractivity contribution in [3.8, 4) is 0 Å². The van der Waals surface area contributed by atoms with E-state index in [4.69, 9.17) is 0 Å². The Labute approximate surface area is 113 Å². The Bertz CT molecular complexity index is 280. The van der Waals surface area contributed by atoms with E-state index >= 15 is 0 Å². The van der Waals surface area contributed by atoms with Gasteiger partial charge in [-0.05, 0) is 69.7 Å². The lowest BCUT2D eigenvalue weighted by Crippen LogP contribution is -2.38. The summed E-state index contributed by atoms with van der Waals surface area (Å²) in [6, 6.07) is 0.666. The summed E-state index contributed by atoms with van der Waals surface area (Å²) in [6.07, 6.45) is 15.1. The van der Waals surface area contributed by atoms with Gasteiger partial charge in [0.25, 0.3) is 0 Å². The summed E-state index contributed by atoms with van der Waals surface area (Å²) >= 11 is 0. The van der Waals surface area contributed by atoms with Crippen LogP contribution in [0, 0.1) is 11.3 Å². The standard InChI is InChI=1S/C17H31N/c1-17(2)12-10-15(11-13-17)16(18-3)14-8-6-4-5-7-9-14/h8,15-16,18H,4-7,9-13H2,1-3H3. The second-order valence-corrected chi connectivity index (χ2v) is 7.15. The molecule has 104 valence electrons. The van der Waals surface area contributed by atoms with E-state index < -0.39 is 0 Å². The number of likely N-dealkylation sites (N-methyl/N-ethyl adjacent to an activating group) is 1. The molecule has 1 unspecified atom stereocenters. The van der Waals surface area contributed by atoms with E-state index in [0.717, 1.165) is 5.92 Å². The Hall–Kier alpha value is -0.300. The third kappa shape index (κ3) is 3.60. The second kappa shape index (κ2) is 6.23. The zero-order chi connectivity index (χ0) is 13.0. The third-order valence-corrected chi connectivity index (χ3v) is 5.14. The van der Waals surface area contributed by atoms with Crippen molar-refractivity contribution in [2.24, 2.45) is 11.3 Å². The number of rotatable bonds is 3. The van der Waals surface area contributed by atoms with Gasteiger partial charge in [0.15, 0.2) is 0 Å². The minimum absolute atomic E-state index is 0.590. The summed E-state index contributed by atoms with van der Waals surface area (Å²) in [4.78, 5) is 0. The van der Waals surface area contributed by atoms with Crippen molar-refractivity contribution in [3.63, 3.8) is 0 Å². The Balaban J connectivity index is 1.98. The molecule has 18 heavy (non-hydrogen) atoms. The highest BCUT2D eigenvalue weighted by atomic mass is 14.9. The van der Waals surface area contributed by atoms with Crippen LogP contribution in [-0.4, -0.2) is 13.1 Å². The minimum atomic E-state index is 0.590. The van der Waals surface area contributed by atoms with Crippen LogP contribution < -0.4 is 5.32 Å². The first-order chi connectivity index (χ1) is 8.62. The van der Waals surface area contributed by atoms with E-state index in [2.05, 4.69) is 32.3 Å². The Morgan fingerprint density at radius 3 is 2.56 bits per heavy atom. The van der Waals surface area contributed by atoms with Gasteiger partial charge >= 0.3 is 0 Å². The van der Waals surface area contributed by atoms with Crippen molar-refractivity contribution >= 4 is 0 Å². The van der Waals surface area contributed by atoms with Gasteiger partial charge in [-0.25, -0.2) is 0 Å². The van der Waals surface area contributed by atoms with Crippen LogP contribution in [0.25, 0.3) is 0 Å². The molecule has 1 N–H and O–H groups in total. The van der Waals surface area contributed by atoms with E-state index in [0.29, 0.717) is 11.5 Å². The van der Waals surface area contributed by atoms with Gasteiger partial charge in [-0.2, -0.15) is 0 Å². The zero-order valence-electron chi connectivity index (χ0n) is 12.6. The van der Waals surface area contributed by atoms with E-state index in [1.165, 1.54) is 57.8 Å². The molecule has 0 aromatic rings. The van der Waals surface area contributed by atoms with Gasteiger partial charge in [0.1, 0.15) is 0 Å². The molecule has 2 rings (SSSR count). The molecule has 0 aromatic carbocycles. The van der Waals surface area contributed by atoms with Crippen LogP contribution >= 0.6 is 0 Å². The first-order valence-electron chi connectivity index (χ1n) is 7.98. The SMILES string of the molecule is CNC(C1=CCCCCC1)C1CCC(C)(C)CC1. The maximum absolute atomic E-state index is 3.63. The van der Waals surface area contributed by atoms with Crippen LogP contribution in [0.5, 0.6) is 0 Å². The number of nitrogens with one attached hydrogen (secondary N) is 1. The monoisotopic (exact) mass is 249 g/mol. The molecule has 1 heteroatoms. The minimum Gasteiger partial charge on any atom is -0.313 e. The molecule has 0 aromatic heterocycles. The van der Waals surface area contributed by atoms with Crippen molar-refractivity contribution < 1.29 is 0 Å². The number of hydrogen-bond donors (Lipinski definition) is 1. The van der Waals surface area contributed by atoms with E-state index in [9.17, 15) is 0 Å². The summed E-state index contributed by atoms with van der Waals surface area (Å²) < 4.78 is 0. The van der Waals surface area contributed by atoms with Crippen molar-refractivity contribution in [2.45, 2.75) is 77.7 Å². The molecule has 0 spiro atoms. The lowest BCUT2D eigenvalue weighted by molar-refractivity contribution is 0.172. The smallest absolute Gasteiger partial charge is 0.0305 e. The fraction of sp³-hybridized carbons (Fsp3) is 0.882. The van der Waals surface area contributed by atoms with E-state index in [1.807, 2.05) is 0 Å². The highest BCUT2D eigenvalue weighted by molar-refractivity contribution is 5.14. The van der Waals surface area contributed by atoms with Crippen LogP contribution in [0.15, 0.2) is 11.6 Å². The summed E-state index contributed by atoms with van der Waals surface area (Å²) in [7, 11) is 2.16. The summed E-state index contributed by atoms with van der Waals surface area (Å²) in [6.45, 7) is 4.87. The van der Waals surface area contributed by atoms with Crippen LogP contribution in [0.2, 0.25) is 0 Å². The van der Waals surface area contributed by atoms with Crippen molar-refractivity contribution in [1.82, 2.24) is 5.32 Å². The van der Waals surface area contributed by atoms with Gasteiger partial charge < -0.3 is 5.32 Å². The van der Waals surface area contributed by atoms with Crippen LogP contribution in [0.4, 0.5) is 0 Å². The fourth-order valence-corrected chi connectivity index (χ4v) is 3.80. The Morgan fingerprint density at radius 2 is 1.89 bits per heavy atom. The summed E-state index contributed by atoms with van der Waals surface area (Å²) in [5.41, 5.74) is 2.31. The topological polar surface area (TPSA) is 12.0 Å². The van der Waals surface area contributed by atoms with Gasteiger partial charge in [0.05, 0.1) is 0 Å². The molecule has 1 nitrogen and oxygen atoms in total. The first kappa shape index (κ1) is 14.1. The second-order valence-electron chi connectivity index (χ2n) is 7.15. The quantitative estimate of drug-likeness (QED) is 0.716. The molecule has 1 atom stereocenters. The van der Waals surface area contributed by atoms with E-state index in [1.54, 1.807) is 5.57 Å². The normalized spacial score (nSPS) is 27.4. The van der Waals surface area contributed by atoms with Crippen LogP contribution in [0.1, 0.15) is 71.6 Å².